The van der Waals surface area contributed by atoms with Crippen LogP contribution >= 0.6 is 0 Å². The zero-order chi connectivity index (χ0) is 14.8. The summed E-state index contributed by atoms with van der Waals surface area (Å²) < 4.78 is 5.46. The van der Waals surface area contributed by atoms with E-state index in [2.05, 4.69) is 25.2 Å². The molecule has 0 amide bonds. The van der Waals surface area contributed by atoms with Gasteiger partial charge in [-0.15, -0.1) is 0 Å². The predicted molar refractivity (Wildman–Crippen MR) is 79.6 cm³/mol. The molecule has 1 aromatic rings. The smallest absolute Gasteiger partial charge is 0.119 e. The van der Waals surface area contributed by atoms with Gasteiger partial charge in [-0.3, -0.25) is 0 Å². The lowest BCUT2D eigenvalue weighted by Gasteiger charge is -2.13. The zero-order valence-corrected chi connectivity index (χ0v) is 12.3. The van der Waals surface area contributed by atoms with Gasteiger partial charge in [0.15, 0.2) is 0 Å². The van der Waals surface area contributed by atoms with Crippen LogP contribution in [0, 0.1) is 17.2 Å². The standard InChI is InChI=1S/C16H24N2O2/c1-13(2)4-3-9-18-11-15(19)12-20-16-7-5-14(10-17)6-8-16/h5-8,13,15,18-19H,3-4,9,11-12H2,1-2H3. The summed E-state index contributed by atoms with van der Waals surface area (Å²) in [6, 6.07) is 8.93. The molecule has 0 saturated heterocycles. The third kappa shape index (κ3) is 7.13. The summed E-state index contributed by atoms with van der Waals surface area (Å²) in [6.07, 6.45) is 1.80. The highest BCUT2D eigenvalue weighted by atomic mass is 16.5. The number of ether oxygens (including phenoxy) is 1. The van der Waals surface area contributed by atoms with Gasteiger partial charge in [0.2, 0.25) is 0 Å². The van der Waals surface area contributed by atoms with Gasteiger partial charge in [0.05, 0.1) is 11.6 Å². The van der Waals surface area contributed by atoms with Gasteiger partial charge in [0.25, 0.3) is 0 Å². The molecule has 0 fully saturated rings. The van der Waals surface area contributed by atoms with Crippen molar-refractivity contribution in [2.75, 3.05) is 19.7 Å². The number of aliphatic hydroxyl groups is 1. The largest absolute Gasteiger partial charge is 0.491 e. The molecule has 4 nitrogen and oxygen atoms in total. The molecule has 0 aromatic heterocycles. The highest BCUT2D eigenvalue weighted by Crippen LogP contribution is 2.11. The van der Waals surface area contributed by atoms with Crippen molar-refractivity contribution in [3.05, 3.63) is 29.8 Å². The van der Waals surface area contributed by atoms with Gasteiger partial charge < -0.3 is 15.2 Å². The molecule has 20 heavy (non-hydrogen) atoms. The minimum Gasteiger partial charge on any atom is -0.491 e. The van der Waals surface area contributed by atoms with E-state index in [1.807, 2.05) is 0 Å². The van der Waals surface area contributed by atoms with Gasteiger partial charge in [0.1, 0.15) is 18.5 Å². The van der Waals surface area contributed by atoms with Crippen LogP contribution in [0.1, 0.15) is 32.3 Å². The molecular formula is C16H24N2O2. The molecule has 1 unspecified atom stereocenters. The van der Waals surface area contributed by atoms with Crippen molar-refractivity contribution in [2.24, 2.45) is 5.92 Å². The molecule has 0 aliphatic rings. The summed E-state index contributed by atoms with van der Waals surface area (Å²) in [5.74, 6) is 1.39. The minimum atomic E-state index is -0.523. The Bertz CT molecular complexity index is 409. The predicted octanol–water partition coefficient (Wildman–Crippen LogP) is 2.32. The molecule has 0 radical (unpaired) electrons. The maximum absolute atomic E-state index is 9.78. The number of hydrogen-bond acceptors (Lipinski definition) is 4. The Morgan fingerprint density at radius 1 is 1.30 bits per heavy atom. The van der Waals surface area contributed by atoms with Crippen molar-refractivity contribution in [2.45, 2.75) is 32.8 Å². The molecule has 1 atom stereocenters. The van der Waals surface area contributed by atoms with Crippen molar-refractivity contribution in [1.82, 2.24) is 5.32 Å². The van der Waals surface area contributed by atoms with Gasteiger partial charge in [-0.25, -0.2) is 0 Å². The van der Waals surface area contributed by atoms with Crippen molar-refractivity contribution >= 4 is 0 Å². The Kier molecular flexibility index (Phi) is 7.71. The summed E-state index contributed by atoms with van der Waals surface area (Å²) in [6.45, 7) is 6.13. The van der Waals surface area contributed by atoms with Crippen LogP contribution in [0.15, 0.2) is 24.3 Å². The van der Waals surface area contributed by atoms with Crippen LogP contribution in [0.3, 0.4) is 0 Å². The third-order valence-electron chi connectivity index (χ3n) is 2.94. The molecule has 1 rings (SSSR count). The van der Waals surface area contributed by atoms with Crippen LogP contribution in [0.25, 0.3) is 0 Å². The van der Waals surface area contributed by atoms with E-state index in [4.69, 9.17) is 10.00 Å². The fourth-order valence-corrected chi connectivity index (χ4v) is 1.78. The first kappa shape index (κ1) is 16.5. The number of rotatable bonds is 9. The van der Waals surface area contributed by atoms with Crippen molar-refractivity contribution in [3.63, 3.8) is 0 Å². The fourth-order valence-electron chi connectivity index (χ4n) is 1.78. The number of hydrogen-bond donors (Lipinski definition) is 2. The van der Waals surface area contributed by atoms with E-state index < -0.39 is 6.10 Å². The maximum atomic E-state index is 9.78. The molecule has 2 N–H and O–H groups in total. The van der Waals surface area contributed by atoms with Crippen molar-refractivity contribution in [1.29, 1.82) is 5.26 Å². The molecular weight excluding hydrogens is 252 g/mol. The maximum Gasteiger partial charge on any atom is 0.119 e. The van der Waals surface area contributed by atoms with E-state index in [0.717, 1.165) is 18.9 Å². The SMILES string of the molecule is CC(C)CCCNCC(O)COc1ccc(C#N)cc1. The highest BCUT2D eigenvalue weighted by molar-refractivity contribution is 5.34. The molecule has 0 saturated carbocycles. The highest BCUT2D eigenvalue weighted by Gasteiger charge is 2.05. The fraction of sp³-hybridized carbons (Fsp3) is 0.562. The first-order valence-electron chi connectivity index (χ1n) is 7.13. The first-order chi connectivity index (χ1) is 9.61. The van der Waals surface area contributed by atoms with Crippen LogP contribution in [0.4, 0.5) is 0 Å². The van der Waals surface area contributed by atoms with E-state index >= 15 is 0 Å². The lowest BCUT2D eigenvalue weighted by molar-refractivity contribution is 0.106. The number of aliphatic hydroxyl groups excluding tert-OH is 1. The number of nitrogens with zero attached hydrogens (tertiary/aromatic N) is 1. The Labute approximate surface area is 121 Å². The Morgan fingerprint density at radius 3 is 2.60 bits per heavy atom. The number of nitriles is 1. The summed E-state index contributed by atoms with van der Waals surface area (Å²) in [5.41, 5.74) is 0.602. The van der Waals surface area contributed by atoms with Crippen LogP contribution in [-0.2, 0) is 0 Å². The van der Waals surface area contributed by atoms with E-state index in [0.29, 0.717) is 17.9 Å². The number of nitrogens with one attached hydrogen (secondary N) is 1. The summed E-state index contributed by atoms with van der Waals surface area (Å²) in [4.78, 5) is 0. The molecule has 0 spiro atoms. The Hall–Kier alpha value is -1.57. The molecule has 1 aromatic carbocycles. The summed E-state index contributed by atoms with van der Waals surface area (Å²) >= 11 is 0. The Morgan fingerprint density at radius 2 is 2.00 bits per heavy atom. The molecule has 0 aliphatic carbocycles. The monoisotopic (exact) mass is 276 g/mol. The average molecular weight is 276 g/mol. The quantitative estimate of drug-likeness (QED) is 0.679. The lowest BCUT2D eigenvalue weighted by atomic mass is 10.1. The van der Waals surface area contributed by atoms with E-state index in [1.54, 1.807) is 24.3 Å². The summed E-state index contributed by atoms with van der Waals surface area (Å²) in [7, 11) is 0. The van der Waals surface area contributed by atoms with Crippen molar-refractivity contribution < 1.29 is 9.84 Å². The molecule has 110 valence electrons. The van der Waals surface area contributed by atoms with Gasteiger partial charge >= 0.3 is 0 Å². The first-order valence-corrected chi connectivity index (χ1v) is 7.13. The molecule has 0 heterocycles. The van der Waals surface area contributed by atoms with E-state index in [-0.39, 0.29) is 6.61 Å². The van der Waals surface area contributed by atoms with Crippen LogP contribution < -0.4 is 10.1 Å². The molecule has 0 bridgehead atoms. The van der Waals surface area contributed by atoms with Crippen molar-refractivity contribution in [3.8, 4) is 11.8 Å². The van der Waals surface area contributed by atoms with Crippen LogP contribution in [-0.4, -0.2) is 30.9 Å². The number of benzene rings is 1. The third-order valence-corrected chi connectivity index (χ3v) is 2.94. The minimum absolute atomic E-state index is 0.253. The second kappa shape index (κ2) is 9.35. The second-order valence-corrected chi connectivity index (χ2v) is 5.34. The van der Waals surface area contributed by atoms with Gasteiger partial charge in [-0.1, -0.05) is 13.8 Å². The summed E-state index contributed by atoms with van der Waals surface area (Å²) in [5, 5.41) is 21.7. The average Bonchev–Trinajstić information content (AvgIpc) is 2.45. The van der Waals surface area contributed by atoms with Gasteiger partial charge in [-0.2, -0.15) is 5.26 Å². The van der Waals surface area contributed by atoms with E-state index in [1.165, 1.54) is 6.42 Å². The topological polar surface area (TPSA) is 65.3 Å². The van der Waals surface area contributed by atoms with Gasteiger partial charge in [0, 0.05) is 6.54 Å². The molecule has 4 heteroatoms. The zero-order valence-electron chi connectivity index (χ0n) is 12.3. The van der Waals surface area contributed by atoms with Crippen LogP contribution in [0.5, 0.6) is 5.75 Å². The molecule has 0 aliphatic heterocycles. The lowest BCUT2D eigenvalue weighted by Crippen LogP contribution is -2.32. The normalized spacial score (nSPS) is 12.2. The van der Waals surface area contributed by atoms with E-state index in [9.17, 15) is 5.11 Å². The van der Waals surface area contributed by atoms with Crippen LogP contribution in [0.2, 0.25) is 0 Å². The Balaban J connectivity index is 2.13. The van der Waals surface area contributed by atoms with Gasteiger partial charge in [-0.05, 0) is 49.6 Å². The second-order valence-electron chi connectivity index (χ2n) is 5.34.